The Labute approximate surface area is 106 Å². The van der Waals surface area contributed by atoms with Crippen LogP contribution in [0.1, 0.15) is 37.0 Å². The summed E-state index contributed by atoms with van der Waals surface area (Å²) in [5.41, 5.74) is 0.0820. The van der Waals surface area contributed by atoms with Crippen LogP contribution < -0.4 is 0 Å². The van der Waals surface area contributed by atoms with E-state index in [-0.39, 0.29) is 29.6 Å². The van der Waals surface area contributed by atoms with Gasteiger partial charge in [0.1, 0.15) is 5.82 Å². The van der Waals surface area contributed by atoms with E-state index in [9.17, 15) is 14.0 Å². The lowest BCUT2D eigenvalue weighted by Gasteiger charge is -2.41. The van der Waals surface area contributed by atoms with Gasteiger partial charge in [-0.2, -0.15) is 0 Å². The molecule has 0 unspecified atom stereocenters. The van der Waals surface area contributed by atoms with Crippen LogP contribution in [0.4, 0.5) is 4.39 Å². The smallest absolute Gasteiger partial charge is 0.254 e. The van der Waals surface area contributed by atoms with Crippen LogP contribution >= 0.6 is 0 Å². The third-order valence-corrected chi connectivity index (χ3v) is 3.42. The fraction of sp³-hybridized carbons (Fsp3) is 0.429. The minimum atomic E-state index is -0.375. The first-order valence-electron chi connectivity index (χ1n) is 5.99. The van der Waals surface area contributed by atoms with Crippen LogP contribution in [-0.4, -0.2) is 28.7 Å². The number of carbonyl (C=O) groups is 2. The maximum Gasteiger partial charge on any atom is 0.254 e. The lowest BCUT2D eigenvalue weighted by molar-refractivity contribution is -0.124. The van der Waals surface area contributed by atoms with Crippen molar-refractivity contribution in [3.05, 3.63) is 35.6 Å². The molecule has 0 bridgehead atoms. The molecule has 0 radical (unpaired) electrons. The van der Waals surface area contributed by atoms with Crippen LogP contribution in [0.3, 0.4) is 0 Å². The van der Waals surface area contributed by atoms with E-state index >= 15 is 0 Å². The third kappa shape index (κ3) is 2.42. The van der Waals surface area contributed by atoms with Crippen molar-refractivity contribution in [2.75, 3.05) is 6.54 Å². The second-order valence-electron chi connectivity index (χ2n) is 5.25. The fourth-order valence-corrected chi connectivity index (χ4v) is 2.14. The van der Waals surface area contributed by atoms with E-state index < -0.39 is 0 Å². The lowest BCUT2D eigenvalue weighted by atomic mass is 9.89. The second-order valence-corrected chi connectivity index (χ2v) is 5.25. The van der Waals surface area contributed by atoms with Gasteiger partial charge in [0, 0.05) is 17.5 Å². The van der Waals surface area contributed by atoms with Gasteiger partial charge in [0.15, 0.2) is 5.78 Å². The highest BCUT2D eigenvalue weighted by molar-refractivity contribution is 5.98. The minimum Gasteiger partial charge on any atom is -0.326 e. The first kappa shape index (κ1) is 12.7. The van der Waals surface area contributed by atoms with Crippen molar-refractivity contribution in [3.8, 4) is 0 Å². The molecule has 1 aliphatic heterocycles. The Morgan fingerprint density at radius 3 is 2.50 bits per heavy atom. The van der Waals surface area contributed by atoms with Crippen molar-refractivity contribution in [2.45, 2.75) is 32.2 Å². The average molecular weight is 249 g/mol. The van der Waals surface area contributed by atoms with Gasteiger partial charge >= 0.3 is 0 Å². The molecule has 2 rings (SSSR count). The molecule has 3 nitrogen and oxygen atoms in total. The van der Waals surface area contributed by atoms with Gasteiger partial charge in [-0.15, -0.1) is 0 Å². The second kappa shape index (κ2) is 4.52. The van der Waals surface area contributed by atoms with Crippen molar-refractivity contribution in [3.63, 3.8) is 0 Å². The SMILES string of the molecule is CC1(C)CCC(=O)CN1C(=O)c1ccc(F)cc1. The van der Waals surface area contributed by atoms with E-state index in [1.54, 1.807) is 4.90 Å². The highest BCUT2D eigenvalue weighted by atomic mass is 19.1. The predicted molar refractivity (Wildman–Crippen MR) is 65.8 cm³/mol. The Kier molecular flexibility index (Phi) is 3.20. The van der Waals surface area contributed by atoms with Gasteiger partial charge in [0.05, 0.1) is 6.54 Å². The van der Waals surface area contributed by atoms with Gasteiger partial charge in [-0.05, 0) is 44.5 Å². The number of carbonyl (C=O) groups excluding carboxylic acids is 2. The first-order chi connectivity index (χ1) is 8.40. The van der Waals surface area contributed by atoms with E-state index in [1.807, 2.05) is 13.8 Å². The number of benzene rings is 1. The summed E-state index contributed by atoms with van der Waals surface area (Å²) in [5.74, 6) is -0.515. The predicted octanol–water partition coefficient (Wildman–Crippen LogP) is 2.41. The van der Waals surface area contributed by atoms with Gasteiger partial charge in [0.2, 0.25) is 0 Å². The molecule has 1 aromatic carbocycles. The number of likely N-dealkylation sites (tertiary alicyclic amines) is 1. The number of Topliss-reactive ketones (excluding diaryl/α,β-unsaturated/α-hetero) is 1. The molecule has 0 atom stereocenters. The molecule has 1 aliphatic rings. The van der Waals surface area contributed by atoms with Gasteiger partial charge in [-0.1, -0.05) is 0 Å². The summed E-state index contributed by atoms with van der Waals surface area (Å²) in [6.45, 7) is 4.03. The zero-order valence-corrected chi connectivity index (χ0v) is 10.6. The summed E-state index contributed by atoms with van der Waals surface area (Å²) >= 11 is 0. The molecule has 4 heteroatoms. The molecule has 0 aliphatic carbocycles. The molecule has 1 fully saturated rings. The largest absolute Gasteiger partial charge is 0.326 e. The summed E-state index contributed by atoms with van der Waals surface area (Å²) in [4.78, 5) is 25.4. The first-order valence-corrected chi connectivity index (χ1v) is 5.99. The summed E-state index contributed by atoms with van der Waals surface area (Å²) in [6, 6.07) is 5.41. The fourth-order valence-electron chi connectivity index (χ4n) is 2.14. The van der Waals surface area contributed by atoms with Gasteiger partial charge < -0.3 is 4.90 Å². The van der Waals surface area contributed by atoms with Crippen LogP contribution in [0.2, 0.25) is 0 Å². The molecular formula is C14H16FNO2. The van der Waals surface area contributed by atoms with Crippen LogP contribution in [0.25, 0.3) is 0 Å². The maximum atomic E-state index is 12.8. The Morgan fingerprint density at radius 2 is 1.89 bits per heavy atom. The van der Waals surface area contributed by atoms with Crippen molar-refractivity contribution >= 4 is 11.7 Å². The van der Waals surface area contributed by atoms with E-state index in [1.165, 1.54) is 24.3 Å². The van der Waals surface area contributed by atoms with Crippen LogP contribution in [0.15, 0.2) is 24.3 Å². The number of piperidine rings is 1. The summed E-state index contributed by atoms with van der Waals surface area (Å²) in [6.07, 6.45) is 1.18. The number of hydrogen-bond acceptors (Lipinski definition) is 2. The number of halogens is 1. The van der Waals surface area contributed by atoms with Gasteiger partial charge in [-0.3, -0.25) is 9.59 Å². The Bertz CT molecular complexity index is 479. The Balaban J connectivity index is 2.26. The Morgan fingerprint density at radius 1 is 1.28 bits per heavy atom. The number of amides is 1. The lowest BCUT2D eigenvalue weighted by Crippen LogP contribution is -2.53. The molecule has 0 N–H and O–H groups in total. The number of ketones is 1. The number of nitrogens with zero attached hydrogens (tertiary/aromatic N) is 1. The third-order valence-electron chi connectivity index (χ3n) is 3.42. The van der Waals surface area contributed by atoms with Crippen LogP contribution in [0.5, 0.6) is 0 Å². The molecule has 1 heterocycles. The highest BCUT2D eigenvalue weighted by Crippen LogP contribution is 2.27. The molecule has 96 valence electrons. The van der Waals surface area contributed by atoms with E-state index in [0.29, 0.717) is 18.4 Å². The number of hydrogen-bond donors (Lipinski definition) is 0. The molecule has 18 heavy (non-hydrogen) atoms. The molecule has 1 aromatic rings. The van der Waals surface area contributed by atoms with Crippen molar-refractivity contribution in [1.29, 1.82) is 0 Å². The van der Waals surface area contributed by atoms with Crippen LogP contribution in [-0.2, 0) is 4.79 Å². The minimum absolute atomic E-state index is 0.0739. The van der Waals surface area contributed by atoms with Crippen molar-refractivity contribution in [1.82, 2.24) is 4.90 Å². The van der Waals surface area contributed by atoms with E-state index in [0.717, 1.165) is 0 Å². The summed E-state index contributed by atoms with van der Waals surface area (Å²) < 4.78 is 12.8. The van der Waals surface area contributed by atoms with Gasteiger partial charge in [0.25, 0.3) is 5.91 Å². The zero-order valence-electron chi connectivity index (χ0n) is 10.6. The summed E-state index contributed by atoms with van der Waals surface area (Å²) in [7, 11) is 0. The molecule has 1 saturated heterocycles. The zero-order chi connectivity index (χ0) is 13.3. The average Bonchev–Trinajstić information content (AvgIpc) is 2.32. The Hall–Kier alpha value is -1.71. The topological polar surface area (TPSA) is 37.4 Å². The number of rotatable bonds is 1. The van der Waals surface area contributed by atoms with E-state index in [4.69, 9.17) is 0 Å². The summed E-state index contributed by atoms with van der Waals surface area (Å²) in [5, 5.41) is 0. The van der Waals surface area contributed by atoms with Crippen LogP contribution in [0, 0.1) is 5.82 Å². The molecular weight excluding hydrogens is 233 g/mol. The van der Waals surface area contributed by atoms with Gasteiger partial charge in [-0.25, -0.2) is 4.39 Å². The standard InChI is InChI=1S/C14H16FNO2/c1-14(2)8-7-12(17)9-16(14)13(18)10-3-5-11(15)6-4-10/h3-6H,7-9H2,1-2H3. The molecule has 1 amide bonds. The van der Waals surface area contributed by atoms with Crippen molar-refractivity contribution < 1.29 is 14.0 Å². The van der Waals surface area contributed by atoms with Crippen molar-refractivity contribution in [2.24, 2.45) is 0 Å². The quantitative estimate of drug-likeness (QED) is 0.766. The monoisotopic (exact) mass is 249 g/mol. The maximum absolute atomic E-state index is 12.8. The molecule has 0 aromatic heterocycles. The molecule has 0 spiro atoms. The normalized spacial score (nSPS) is 18.8. The van der Waals surface area contributed by atoms with E-state index in [2.05, 4.69) is 0 Å². The molecule has 0 saturated carbocycles. The highest BCUT2D eigenvalue weighted by Gasteiger charge is 2.36.